The molecule has 0 spiro atoms. The summed E-state index contributed by atoms with van der Waals surface area (Å²) < 4.78 is 5.43. The Balaban J connectivity index is 1.29. The second kappa shape index (κ2) is 9.03. The van der Waals surface area contributed by atoms with Gasteiger partial charge in [-0.05, 0) is 49.1 Å². The number of carbonyl (C=O) groups is 1. The van der Waals surface area contributed by atoms with Gasteiger partial charge in [0.15, 0.2) is 0 Å². The summed E-state index contributed by atoms with van der Waals surface area (Å²) in [6, 6.07) is 2.69. The van der Waals surface area contributed by atoms with Crippen LogP contribution in [0.4, 0.5) is 0 Å². The minimum atomic E-state index is 0.390. The van der Waals surface area contributed by atoms with Crippen LogP contribution < -0.4 is 0 Å². The fourth-order valence-electron chi connectivity index (χ4n) is 4.92. The predicted molar refractivity (Wildman–Crippen MR) is 109 cm³/mol. The summed E-state index contributed by atoms with van der Waals surface area (Å²) in [5.74, 6) is 1.04. The minimum Gasteiger partial charge on any atom is -0.379 e. The molecule has 1 aromatic heterocycles. The first kappa shape index (κ1) is 19.4. The molecule has 3 fully saturated rings. The molecular weight excluding hydrogens is 358 g/mol. The molecule has 0 aromatic carbocycles. The summed E-state index contributed by atoms with van der Waals surface area (Å²) in [4.78, 5) is 21.4. The van der Waals surface area contributed by atoms with E-state index in [4.69, 9.17) is 4.74 Å². The Morgan fingerprint density at radius 2 is 2.00 bits per heavy atom. The molecule has 0 saturated carbocycles. The average molecular weight is 392 g/mol. The fraction of sp³-hybridized carbons (Fsp3) is 0.762. The Bertz CT molecular complexity index is 629. The smallest absolute Gasteiger partial charge is 0.222 e. The van der Waals surface area contributed by atoms with Crippen molar-refractivity contribution >= 4 is 17.2 Å². The summed E-state index contributed by atoms with van der Waals surface area (Å²) in [6.45, 7) is 11.4. The number of amides is 1. The number of ether oxygens (including phenoxy) is 1. The Morgan fingerprint density at radius 1 is 1.15 bits per heavy atom. The number of piperidine rings is 2. The molecule has 27 heavy (non-hydrogen) atoms. The largest absolute Gasteiger partial charge is 0.379 e. The molecule has 4 rings (SSSR count). The number of carbonyl (C=O) groups excluding carboxylic acids is 1. The lowest BCUT2D eigenvalue weighted by molar-refractivity contribution is -0.141. The van der Waals surface area contributed by atoms with Crippen molar-refractivity contribution in [3.63, 3.8) is 0 Å². The van der Waals surface area contributed by atoms with Gasteiger partial charge in [-0.15, -0.1) is 11.3 Å². The van der Waals surface area contributed by atoms with Crippen molar-refractivity contribution < 1.29 is 9.53 Å². The third-order valence-electron chi connectivity index (χ3n) is 6.54. The number of morpholine rings is 1. The maximum atomic E-state index is 12.6. The van der Waals surface area contributed by atoms with Gasteiger partial charge in [0.1, 0.15) is 0 Å². The van der Waals surface area contributed by atoms with Gasteiger partial charge in [0.05, 0.1) is 13.2 Å². The molecule has 0 N–H and O–H groups in total. The third-order valence-corrected chi connectivity index (χ3v) is 7.55. The summed E-state index contributed by atoms with van der Waals surface area (Å²) in [7, 11) is 0. The molecule has 0 bridgehead atoms. The molecule has 0 radical (unpaired) electrons. The Morgan fingerprint density at radius 3 is 2.78 bits per heavy atom. The average Bonchev–Trinajstić information content (AvgIpc) is 3.09. The van der Waals surface area contributed by atoms with Crippen LogP contribution in [0.3, 0.4) is 0 Å². The first-order valence-electron chi connectivity index (χ1n) is 10.6. The molecule has 5 nitrogen and oxygen atoms in total. The predicted octanol–water partition coefficient (Wildman–Crippen LogP) is 2.59. The lowest BCUT2D eigenvalue weighted by atomic mass is 9.83. The third kappa shape index (κ3) is 4.73. The zero-order valence-electron chi connectivity index (χ0n) is 16.6. The van der Waals surface area contributed by atoms with Crippen LogP contribution in [0.15, 0.2) is 11.4 Å². The standard InChI is InChI=1S/C21H33N3O2S/c1-17-6-14-27-20(17)16-23-9-5-19-18(15-23)3-4-21(25)24(19)8-2-7-22-10-12-26-13-11-22/h6,14,18-19H,2-5,7-13,15-16H2,1H3/t18-,19+/m1/s1. The Kier molecular flexibility index (Phi) is 6.48. The van der Waals surface area contributed by atoms with E-state index in [1.54, 1.807) is 0 Å². The molecule has 3 saturated heterocycles. The number of hydrogen-bond acceptors (Lipinski definition) is 5. The first-order valence-corrected chi connectivity index (χ1v) is 11.4. The normalized spacial score (nSPS) is 27.7. The van der Waals surface area contributed by atoms with Gasteiger partial charge >= 0.3 is 0 Å². The van der Waals surface area contributed by atoms with E-state index in [9.17, 15) is 4.79 Å². The number of fused-ring (bicyclic) bond motifs is 1. The topological polar surface area (TPSA) is 36.0 Å². The van der Waals surface area contributed by atoms with E-state index >= 15 is 0 Å². The van der Waals surface area contributed by atoms with Crippen molar-refractivity contribution in [2.75, 3.05) is 52.5 Å². The van der Waals surface area contributed by atoms with E-state index in [0.29, 0.717) is 17.9 Å². The molecule has 1 amide bonds. The van der Waals surface area contributed by atoms with E-state index in [1.807, 2.05) is 11.3 Å². The molecule has 0 aliphatic carbocycles. The quantitative estimate of drug-likeness (QED) is 0.747. The van der Waals surface area contributed by atoms with Gasteiger partial charge in [0, 0.05) is 63.2 Å². The highest BCUT2D eigenvalue weighted by molar-refractivity contribution is 7.10. The molecular formula is C21H33N3O2S. The van der Waals surface area contributed by atoms with Gasteiger partial charge in [-0.1, -0.05) is 0 Å². The van der Waals surface area contributed by atoms with Crippen LogP contribution in [-0.2, 0) is 16.1 Å². The van der Waals surface area contributed by atoms with E-state index < -0.39 is 0 Å². The molecule has 2 atom stereocenters. The summed E-state index contributed by atoms with van der Waals surface area (Å²) in [6.07, 6.45) is 4.04. The highest BCUT2D eigenvalue weighted by atomic mass is 32.1. The van der Waals surface area contributed by atoms with E-state index in [-0.39, 0.29) is 0 Å². The van der Waals surface area contributed by atoms with Gasteiger partial charge in [-0.25, -0.2) is 0 Å². The van der Waals surface area contributed by atoms with Crippen molar-refractivity contribution in [3.05, 3.63) is 21.9 Å². The van der Waals surface area contributed by atoms with Crippen LogP contribution in [0, 0.1) is 12.8 Å². The lowest BCUT2D eigenvalue weighted by Crippen LogP contribution is -2.56. The van der Waals surface area contributed by atoms with Crippen LogP contribution in [0.5, 0.6) is 0 Å². The SMILES string of the molecule is Cc1ccsc1CN1CC[C@H]2[C@H](CCC(=O)N2CCCN2CCOCC2)C1. The van der Waals surface area contributed by atoms with Crippen LogP contribution in [0.1, 0.15) is 36.1 Å². The van der Waals surface area contributed by atoms with Crippen molar-refractivity contribution in [1.29, 1.82) is 0 Å². The monoisotopic (exact) mass is 391 g/mol. The molecule has 150 valence electrons. The number of hydrogen-bond donors (Lipinski definition) is 0. The van der Waals surface area contributed by atoms with Crippen molar-refractivity contribution in [2.24, 2.45) is 5.92 Å². The number of likely N-dealkylation sites (tertiary alicyclic amines) is 2. The van der Waals surface area contributed by atoms with Crippen molar-refractivity contribution in [1.82, 2.24) is 14.7 Å². The van der Waals surface area contributed by atoms with Gasteiger partial charge in [-0.3, -0.25) is 14.6 Å². The van der Waals surface area contributed by atoms with Gasteiger partial charge in [0.25, 0.3) is 0 Å². The second-order valence-corrected chi connectivity index (χ2v) is 9.31. The molecule has 3 aliphatic rings. The molecule has 3 aliphatic heterocycles. The van der Waals surface area contributed by atoms with E-state index in [1.165, 1.54) is 10.4 Å². The maximum absolute atomic E-state index is 12.6. The molecule has 6 heteroatoms. The first-order chi connectivity index (χ1) is 13.2. The molecule has 1 aromatic rings. The summed E-state index contributed by atoms with van der Waals surface area (Å²) in [5, 5.41) is 2.20. The van der Waals surface area contributed by atoms with Crippen LogP contribution >= 0.6 is 11.3 Å². The van der Waals surface area contributed by atoms with E-state index in [2.05, 4.69) is 33.1 Å². The van der Waals surface area contributed by atoms with Crippen molar-refractivity contribution in [2.45, 2.75) is 45.2 Å². The van der Waals surface area contributed by atoms with Crippen LogP contribution in [-0.4, -0.2) is 79.1 Å². The maximum Gasteiger partial charge on any atom is 0.222 e. The number of thiophene rings is 1. The highest BCUT2D eigenvalue weighted by Crippen LogP contribution is 2.32. The lowest BCUT2D eigenvalue weighted by Gasteiger charge is -2.47. The fourth-order valence-corrected chi connectivity index (χ4v) is 5.87. The summed E-state index contributed by atoms with van der Waals surface area (Å²) >= 11 is 1.88. The van der Waals surface area contributed by atoms with Crippen LogP contribution in [0.2, 0.25) is 0 Å². The Labute approximate surface area is 167 Å². The zero-order chi connectivity index (χ0) is 18.6. The van der Waals surface area contributed by atoms with Gasteiger partial charge in [-0.2, -0.15) is 0 Å². The minimum absolute atomic E-state index is 0.390. The highest BCUT2D eigenvalue weighted by Gasteiger charge is 2.39. The zero-order valence-corrected chi connectivity index (χ0v) is 17.4. The number of nitrogens with zero attached hydrogens (tertiary/aromatic N) is 3. The molecule has 4 heterocycles. The second-order valence-electron chi connectivity index (χ2n) is 8.31. The number of rotatable bonds is 6. The van der Waals surface area contributed by atoms with E-state index in [0.717, 1.165) is 84.7 Å². The Hall–Kier alpha value is -0.950. The van der Waals surface area contributed by atoms with Gasteiger partial charge < -0.3 is 9.64 Å². The van der Waals surface area contributed by atoms with Gasteiger partial charge in [0.2, 0.25) is 5.91 Å². The summed E-state index contributed by atoms with van der Waals surface area (Å²) in [5.41, 5.74) is 1.42. The molecule has 0 unspecified atom stereocenters. The van der Waals surface area contributed by atoms with Crippen LogP contribution in [0.25, 0.3) is 0 Å². The number of aryl methyl sites for hydroxylation is 1. The van der Waals surface area contributed by atoms with Crippen molar-refractivity contribution in [3.8, 4) is 0 Å².